The van der Waals surface area contributed by atoms with Gasteiger partial charge in [0.05, 0.1) is 17.0 Å². The van der Waals surface area contributed by atoms with Crippen LogP contribution in [0, 0.1) is 6.92 Å². The molecule has 0 unspecified atom stereocenters. The van der Waals surface area contributed by atoms with Gasteiger partial charge in [0.2, 0.25) is 11.1 Å². The lowest BCUT2D eigenvalue weighted by Crippen LogP contribution is -2.32. The summed E-state index contributed by atoms with van der Waals surface area (Å²) in [6, 6.07) is 16.1. The molecule has 2 aromatic carbocycles. The van der Waals surface area contributed by atoms with Crippen molar-refractivity contribution in [1.82, 2.24) is 29.3 Å². The van der Waals surface area contributed by atoms with E-state index in [0.717, 1.165) is 28.2 Å². The molecule has 3 heterocycles. The molecule has 5 aromatic rings. The molecule has 0 aliphatic rings. The van der Waals surface area contributed by atoms with Gasteiger partial charge in [-0.25, -0.2) is 14.3 Å². The van der Waals surface area contributed by atoms with E-state index in [1.54, 1.807) is 12.1 Å². The Labute approximate surface area is 196 Å². The number of anilines is 1. The molecule has 34 heavy (non-hydrogen) atoms. The predicted octanol–water partition coefficient (Wildman–Crippen LogP) is 2.39. The van der Waals surface area contributed by atoms with Crippen LogP contribution >= 0.6 is 11.8 Å². The topological polar surface area (TPSA) is 128 Å². The number of fused-ring (bicyclic) bond motifs is 3. The number of carbonyl (C=O) groups excluding carboxylic acids is 1. The fourth-order valence-corrected chi connectivity index (χ4v) is 4.28. The number of aryl methyl sites for hydroxylation is 2. The lowest BCUT2D eigenvalue weighted by Gasteiger charge is -2.13. The normalized spacial score (nSPS) is 11.2. The van der Waals surface area contributed by atoms with E-state index in [1.807, 2.05) is 54.9 Å². The highest BCUT2D eigenvalue weighted by Crippen LogP contribution is 2.26. The van der Waals surface area contributed by atoms with Gasteiger partial charge >= 0.3 is 5.69 Å². The maximum Gasteiger partial charge on any atom is 0.334 e. The fraction of sp³-hybridized carbons (Fsp3) is 0.130. The van der Waals surface area contributed by atoms with Crippen molar-refractivity contribution in [2.75, 3.05) is 11.1 Å². The SMILES string of the molecule is Cc1ccc(-n2c(NC(=O)CSc3nnc4c5ccccc5n(C)c4n3)cc(=O)[nH]c2=O)cc1. The van der Waals surface area contributed by atoms with E-state index in [9.17, 15) is 14.4 Å². The van der Waals surface area contributed by atoms with Crippen LogP contribution in [-0.4, -0.2) is 41.0 Å². The molecule has 0 aliphatic carbocycles. The van der Waals surface area contributed by atoms with Gasteiger partial charge in [-0.1, -0.05) is 47.7 Å². The molecule has 0 fully saturated rings. The molecule has 0 atom stereocenters. The first-order valence-corrected chi connectivity index (χ1v) is 11.3. The van der Waals surface area contributed by atoms with Crippen molar-refractivity contribution < 1.29 is 4.79 Å². The number of thioether (sulfide) groups is 1. The summed E-state index contributed by atoms with van der Waals surface area (Å²) in [7, 11) is 1.90. The Morgan fingerprint density at radius 1 is 1.09 bits per heavy atom. The lowest BCUT2D eigenvalue weighted by molar-refractivity contribution is -0.113. The highest BCUT2D eigenvalue weighted by Gasteiger charge is 2.15. The second-order valence-corrected chi connectivity index (χ2v) is 8.62. The van der Waals surface area contributed by atoms with Gasteiger partial charge in [-0.05, 0) is 25.1 Å². The van der Waals surface area contributed by atoms with Crippen molar-refractivity contribution in [3.8, 4) is 5.69 Å². The number of aromatic amines is 1. The van der Waals surface area contributed by atoms with Crippen molar-refractivity contribution in [3.63, 3.8) is 0 Å². The van der Waals surface area contributed by atoms with Gasteiger partial charge in [-0.3, -0.25) is 14.6 Å². The number of nitrogens with zero attached hydrogens (tertiary/aromatic N) is 5. The zero-order valence-electron chi connectivity index (χ0n) is 18.3. The van der Waals surface area contributed by atoms with E-state index >= 15 is 0 Å². The van der Waals surface area contributed by atoms with Gasteiger partial charge in [0, 0.05) is 18.5 Å². The molecular formula is C23H19N7O3S. The van der Waals surface area contributed by atoms with Crippen LogP contribution in [0.25, 0.3) is 27.8 Å². The predicted molar refractivity (Wildman–Crippen MR) is 131 cm³/mol. The summed E-state index contributed by atoms with van der Waals surface area (Å²) >= 11 is 1.11. The van der Waals surface area contributed by atoms with E-state index in [1.165, 1.54) is 10.6 Å². The van der Waals surface area contributed by atoms with Crippen molar-refractivity contribution in [1.29, 1.82) is 0 Å². The van der Waals surface area contributed by atoms with Crippen LogP contribution in [0.4, 0.5) is 5.82 Å². The van der Waals surface area contributed by atoms with Crippen LogP contribution in [0.15, 0.2) is 69.3 Å². The quantitative estimate of drug-likeness (QED) is 0.375. The number of hydrogen-bond acceptors (Lipinski definition) is 7. The molecule has 0 radical (unpaired) electrons. The zero-order chi connectivity index (χ0) is 23.8. The number of rotatable bonds is 5. The number of hydrogen-bond donors (Lipinski definition) is 2. The number of amides is 1. The third-order valence-corrected chi connectivity index (χ3v) is 6.16. The zero-order valence-corrected chi connectivity index (χ0v) is 19.1. The van der Waals surface area contributed by atoms with Crippen LogP contribution in [0.5, 0.6) is 0 Å². The van der Waals surface area contributed by atoms with Crippen LogP contribution < -0.4 is 16.6 Å². The molecular weight excluding hydrogens is 454 g/mol. The average Bonchev–Trinajstić information content (AvgIpc) is 3.10. The summed E-state index contributed by atoms with van der Waals surface area (Å²) in [5, 5.41) is 12.4. The summed E-state index contributed by atoms with van der Waals surface area (Å²) in [6.45, 7) is 1.92. The van der Waals surface area contributed by atoms with E-state index in [0.29, 0.717) is 22.0 Å². The third-order valence-electron chi connectivity index (χ3n) is 5.32. The minimum atomic E-state index is -0.645. The summed E-state index contributed by atoms with van der Waals surface area (Å²) in [4.78, 5) is 43.8. The van der Waals surface area contributed by atoms with Crippen LogP contribution in [-0.2, 0) is 11.8 Å². The summed E-state index contributed by atoms with van der Waals surface area (Å²) in [6.07, 6.45) is 0. The number of carbonyl (C=O) groups is 1. The van der Waals surface area contributed by atoms with E-state index in [-0.39, 0.29) is 11.6 Å². The van der Waals surface area contributed by atoms with E-state index < -0.39 is 17.2 Å². The molecule has 10 nitrogen and oxygen atoms in total. The Balaban J connectivity index is 1.38. The summed E-state index contributed by atoms with van der Waals surface area (Å²) in [5.41, 5.74) is 2.63. The van der Waals surface area contributed by atoms with Crippen LogP contribution in [0.2, 0.25) is 0 Å². The van der Waals surface area contributed by atoms with Crippen molar-refractivity contribution in [2.45, 2.75) is 12.1 Å². The second kappa shape index (κ2) is 8.60. The maximum absolute atomic E-state index is 12.7. The number of para-hydroxylation sites is 1. The Bertz CT molecular complexity index is 1670. The summed E-state index contributed by atoms with van der Waals surface area (Å²) in [5.74, 6) is -0.380. The average molecular weight is 474 g/mol. The standard InChI is InChI=1S/C23H19N7O3S/c1-13-7-9-14(10-8-13)30-17(11-18(31)25-23(30)33)24-19(32)12-34-22-26-21-20(27-28-22)15-5-3-4-6-16(15)29(21)2/h3-11H,12H2,1-2H3,(H,24,32)(H,25,31,33). The lowest BCUT2D eigenvalue weighted by atomic mass is 10.2. The molecule has 0 aliphatic heterocycles. The largest absolute Gasteiger partial charge is 0.334 e. The number of aromatic nitrogens is 6. The molecule has 0 saturated heterocycles. The highest BCUT2D eigenvalue weighted by atomic mass is 32.2. The van der Waals surface area contributed by atoms with Crippen LogP contribution in [0.3, 0.4) is 0 Å². The van der Waals surface area contributed by atoms with Gasteiger partial charge in [0.25, 0.3) is 5.56 Å². The molecule has 0 spiro atoms. The fourth-order valence-electron chi connectivity index (χ4n) is 3.70. The van der Waals surface area contributed by atoms with Gasteiger partial charge in [0.1, 0.15) is 11.3 Å². The molecule has 170 valence electrons. The number of benzene rings is 2. The Kier molecular flexibility index (Phi) is 5.46. The first kappa shape index (κ1) is 21.6. The molecule has 0 bridgehead atoms. The first-order valence-electron chi connectivity index (χ1n) is 10.3. The molecule has 5 rings (SSSR count). The monoisotopic (exact) mass is 473 g/mol. The molecule has 2 N–H and O–H groups in total. The van der Waals surface area contributed by atoms with Gasteiger partial charge in [0.15, 0.2) is 5.65 Å². The Morgan fingerprint density at radius 3 is 2.65 bits per heavy atom. The van der Waals surface area contributed by atoms with Crippen molar-refractivity contribution in [2.24, 2.45) is 7.05 Å². The maximum atomic E-state index is 12.7. The molecule has 1 amide bonds. The van der Waals surface area contributed by atoms with Crippen molar-refractivity contribution in [3.05, 3.63) is 81.0 Å². The minimum absolute atomic E-state index is 0.0357. The van der Waals surface area contributed by atoms with Gasteiger partial charge < -0.3 is 9.88 Å². The smallest absolute Gasteiger partial charge is 0.327 e. The van der Waals surface area contributed by atoms with Crippen LogP contribution in [0.1, 0.15) is 5.56 Å². The molecule has 0 saturated carbocycles. The van der Waals surface area contributed by atoms with Gasteiger partial charge in [-0.2, -0.15) is 0 Å². The minimum Gasteiger partial charge on any atom is -0.327 e. The number of H-pyrrole nitrogens is 1. The molecule has 3 aromatic heterocycles. The highest BCUT2D eigenvalue weighted by molar-refractivity contribution is 7.99. The van der Waals surface area contributed by atoms with E-state index in [2.05, 4.69) is 25.5 Å². The summed E-state index contributed by atoms with van der Waals surface area (Å²) < 4.78 is 3.17. The Morgan fingerprint density at radius 2 is 1.85 bits per heavy atom. The molecule has 11 heteroatoms. The number of nitrogens with one attached hydrogen (secondary N) is 2. The Hall–Kier alpha value is -4.25. The second-order valence-electron chi connectivity index (χ2n) is 7.67. The van der Waals surface area contributed by atoms with Crippen molar-refractivity contribution >= 4 is 45.6 Å². The van der Waals surface area contributed by atoms with E-state index in [4.69, 9.17) is 0 Å². The van der Waals surface area contributed by atoms with Gasteiger partial charge in [-0.15, -0.1) is 10.2 Å². The first-order chi connectivity index (χ1) is 16.4. The third kappa shape index (κ3) is 3.97.